The van der Waals surface area contributed by atoms with Gasteiger partial charge in [-0.05, 0) is 33.3 Å². The molecule has 0 aromatic heterocycles. The third-order valence-corrected chi connectivity index (χ3v) is 2.16. The first-order chi connectivity index (χ1) is 7.83. The number of hydrogen-bond acceptors (Lipinski definition) is 3. The Hall–Kier alpha value is -1.55. The molecule has 0 aliphatic rings. The number of carbonyl (C=O) groups is 1. The fourth-order valence-electron chi connectivity index (χ4n) is 1.44. The first-order valence-electron chi connectivity index (χ1n) is 5.53. The number of amides is 1. The van der Waals surface area contributed by atoms with E-state index in [9.17, 15) is 9.90 Å². The third kappa shape index (κ3) is 4.07. The molecular weight excluding hydrogens is 218 g/mol. The number of hydrogen-bond donors (Lipinski definition) is 2. The maximum absolute atomic E-state index is 11.6. The first-order valence-corrected chi connectivity index (χ1v) is 5.53. The minimum atomic E-state index is -0.536. The van der Waals surface area contributed by atoms with Gasteiger partial charge in [0.05, 0.1) is 12.3 Å². The fourth-order valence-corrected chi connectivity index (χ4v) is 1.44. The smallest absolute Gasteiger partial charge is 0.412 e. The first kappa shape index (κ1) is 13.5. The van der Waals surface area contributed by atoms with E-state index in [0.717, 1.165) is 5.56 Å². The van der Waals surface area contributed by atoms with Crippen LogP contribution >= 0.6 is 0 Å². The molecule has 0 unspecified atom stereocenters. The molecule has 1 aromatic carbocycles. The fraction of sp³-hybridized carbons (Fsp3) is 0.462. The van der Waals surface area contributed by atoms with Crippen LogP contribution in [-0.4, -0.2) is 16.8 Å². The number of benzene rings is 1. The normalized spacial score (nSPS) is 11.1. The van der Waals surface area contributed by atoms with Gasteiger partial charge in [-0.15, -0.1) is 0 Å². The average molecular weight is 237 g/mol. The minimum absolute atomic E-state index is 0.118. The highest BCUT2D eigenvalue weighted by molar-refractivity contribution is 5.87. The number of nitrogens with one attached hydrogen (secondary N) is 1. The molecule has 17 heavy (non-hydrogen) atoms. The predicted molar refractivity (Wildman–Crippen MR) is 67.0 cm³/mol. The number of aliphatic hydroxyl groups is 1. The van der Waals surface area contributed by atoms with E-state index in [-0.39, 0.29) is 6.61 Å². The summed E-state index contributed by atoms with van der Waals surface area (Å²) in [4.78, 5) is 11.6. The van der Waals surface area contributed by atoms with Crippen LogP contribution in [0.3, 0.4) is 0 Å². The molecule has 0 fully saturated rings. The lowest BCUT2D eigenvalue weighted by molar-refractivity contribution is 0.0635. The average Bonchev–Trinajstić information content (AvgIpc) is 2.18. The minimum Gasteiger partial charge on any atom is -0.444 e. The van der Waals surface area contributed by atoms with Crippen molar-refractivity contribution in [2.45, 2.75) is 39.9 Å². The maximum Gasteiger partial charge on any atom is 0.412 e. The van der Waals surface area contributed by atoms with Gasteiger partial charge in [0.15, 0.2) is 0 Å². The highest BCUT2D eigenvalue weighted by Crippen LogP contribution is 2.21. The molecule has 0 saturated heterocycles. The van der Waals surface area contributed by atoms with Gasteiger partial charge < -0.3 is 9.84 Å². The molecule has 4 heteroatoms. The molecule has 1 rings (SSSR count). The van der Waals surface area contributed by atoms with Crippen molar-refractivity contribution in [3.05, 3.63) is 29.3 Å². The summed E-state index contributed by atoms with van der Waals surface area (Å²) in [6.45, 7) is 7.16. The molecule has 4 nitrogen and oxygen atoms in total. The van der Waals surface area contributed by atoms with Crippen molar-refractivity contribution < 1.29 is 14.6 Å². The Balaban J connectivity index is 2.84. The quantitative estimate of drug-likeness (QED) is 0.831. The number of carbonyl (C=O) groups excluding carboxylic acids is 1. The highest BCUT2D eigenvalue weighted by atomic mass is 16.6. The van der Waals surface area contributed by atoms with E-state index in [2.05, 4.69) is 5.32 Å². The second-order valence-electron chi connectivity index (χ2n) is 4.89. The molecule has 0 aliphatic carbocycles. The van der Waals surface area contributed by atoms with Gasteiger partial charge in [0.25, 0.3) is 0 Å². The maximum atomic E-state index is 11.6. The zero-order valence-electron chi connectivity index (χ0n) is 10.7. The van der Waals surface area contributed by atoms with Gasteiger partial charge in [0.2, 0.25) is 0 Å². The van der Waals surface area contributed by atoms with E-state index < -0.39 is 11.7 Å². The van der Waals surface area contributed by atoms with Crippen LogP contribution in [0.4, 0.5) is 10.5 Å². The van der Waals surface area contributed by atoms with E-state index in [4.69, 9.17) is 4.74 Å². The summed E-state index contributed by atoms with van der Waals surface area (Å²) < 4.78 is 5.16. The summed E-state index contributed by atoms with van der Waals surface area (Å²) in [6, 6.07) is 5.47. The van der Waals surface area contributed by atoms with E-state index >= 15 is 0 Å². The van der Waals surface area contributed by atoms with Gasteiger partial charge in [-0.2, -0.15) is 0 Å². The molecule has 0 heterocycles. The van der Waals surface area contributed by atoms with Crippen LogP contribution in [0.1, 0.15) is 31.9 Å². The zero-order valence-corrected chi connectivity index (χ0v) is 10.7. The largest absolute Gasteiger partial charge is 0.444 e. The van der Waals surface area contributed by atoms with Crippen LogP contribution in [0.2, 0.25) is 0 Å². The molecular formula is C13H19NO3. The Morgan fingerprint density at radius 2 is 2.06 bits per heavy atom. The van der Waals surface area contributed by atoms with Crippen molar-refractivity contribution in [3.63, 3.8) is 0 Å². The zero-order chi connectivity index (χ0) is 13.1. The Morgan fingerprint density at radius 3 is 2.59 bits per heavy atom. The number of anilines is 1. The van der Waals surface area contributed by atoms with Crippen LogP contribution in [0.5, 0.6) is 0 Å². The Kier molecular flexibility index (Phi) is 4.12. The van der Waals surface area contributed by atoms with Crippen molar-refractivity contribution in [3.8, 4) is 0 Å². The lowest BCUT2D eigenvalue weighted by Gasteiger charge is -2.21. The number of para-hydroxylation sites is 1. The van der Waals surface area contributed by atoms with Gasteiger partial charge in [0, 0.05) is 5.56 Å². The van der Waals surface area contributed by atoms with E-state index in [1.807, 2.05) is 19.1 Å². The van der Waals surface area contributed by atoms with Gasteiger partial charge in [-0.1, -0.05) is 18.2 Å². The highest BCUT2D eigenvalue weighted by Gasteiger charge is 2.17. The van der Waals surface area contributed by atoms with Crippen molar-refractivity contribution in [1.82, 2.24) is 0 Å². The predicted octanol–water partition coefficient (Wildman–Crippen LogP) is 2.83. The van der Waals surface area contributed by atoms with Crippen LogP contribution in [-0.2, 0) is 11.3 Å². The van der Waals surface area contributed by atoms with Crippen LogP contribution in [0.25, 0.3) is 0 Å². The van der Waals surface area contributed by atoms with Gasteiger partial charge in [-0.3, -0.25) is 5.32 Å². The molecule has 2 N–H and O–H groups in total. The number of aliphatic hydroxyl groups excluding tert-OH is 1. The second-order valence-corrected chi connectivity index (χ2v) is 4.89. The molecule has 0 bridgehead atoms. The van der Waals surface area contributed by atoms with Crippen molar-refractivity contribution >= 4 is 11.8 Å². The summed E-state index contributed by atoms with van der Waals surface area (Å²) in [6.07, 6.45) is -0.513. The SMILES string of the molecule is Cc1cccc(CO)c1NC(=O)OC(C)(C)C. The number of rotatable bonds is 2. The Bertz CT molecular complexity index is 408. The molecule has 94 valence electrons. The van der Waals surface area contributed by atoms with E-state index in [0.29, 0.717) is 11.3 Å². The monoisotopic (exact) mass is 237 g/mol. The van der Waals surface area contributed by atoms with Crippen molar-refractivity contribution in [2.24, 2.45) is 0 Å². The number of aryl methyl sites for hydroxylation is 1. The molecule has 1 amide bonds. The lowest BCUT2D eigenvalue weighted by Crippen LogP contribution is -2.27. The standard InChI is InChI=1S/C13H19NO3/c1-9-6-5-7-10(8-15)11(9)14-12(16)17-13(2,3)4/h5-7,15H,8H2,1-4H3,(H,14,16). The Morgan fingerprint density at radius 1 is 1.41 bits per heavy atom. The molecule has 1 aromatic rings. The van der Waals surface area contributed by atoms with Crippen molar-refractivity contribution in [2.75, 3.05) is 5.32 Å². The van der Waals surface area contributed by atoms with Gasteiger partial charge in [-0.25, -0.2) is 4.79 Å². The Labute approximate surface area is 102 Å². The molecule has 0 spiro atoms. The van der Waals surface area contributed by atoms with Gasteiger partial charge >= 0.3 is 6.09 Å². The third-order valence-electron chi connectivity index (χ3n) is 2.16. The molecule has 0 radical (unpaired) electrons. The van der Waals surface area contributed by atoms with Gasteiger partial charge in [0.1, 0.15) is 5.60 Å². The summed E-state index contributed by atoms with van der Waals surface area (Å²) in [5.41, 5.74) is 1.65. The van der Waals surface area contributed by atoms with Crippen LogP contribution < -0.4 is 5.32 Å². The van der Waals surface area contributed by atoms with Crippen LogP contribution in [0.15, 0.2) is 18.2 Å². The molecule has 0 atom stereocenters. The summed E-state index contributed by atoms with van der Waals surface area (Å²) >= 11 is 0. The van der Waals surface area contributed by atoms with Crippen molar-refractivity contribution in [1.29, 1.82) is 0 Å². The summed E-state index contributed by atoms with van der Waals surface area (Å²) in [5.74, 6) is 0. The topological polar surface area (TPSA) is 58.6 Å². The summed E-state index contributed by atoms with van der Waals surface area (Å²) in [5, 5.41) is 11.9. The van der Waals surface area contributed by atoms with Crippen LogP contribution in [0, 0.1) is 6.92 Å². The lowest BCUT2D eigenvalue weighted by atomic mass is 10.1. The number of ether oxygens (including phenoxy) is 1. The van der Waals surface area contributed by atoms with E-state index in [1.165, 1.54) is 0 Å². The van der Waals surface area contributed by atoms with E-state index in [1.54, 1.807) is 26.8 Å². The molecule has 0 aliphatic heterocycles. The summed E-state index contributed by atoms with van der Waals surface area (Å²) in [7, 11) is 0. The molecule has 0 saturated carbocycles. The second kappa shape index (κ2) is 5.19.